The average Bonchev–Trinajstić information content (AvgIpc) is 2.96. The van der Waals surface area contributed by atoms with E-state index in [1.807, 2.05) is 7.05 Å². The summed E-state index contributed by atoms with van der Waals surface area (Å²) in [4.78, 5) is -0.379. The molecular formula is C14H21FN2O4S. The van der Waals surface area contributed by atoms with Crippen molar-refractivity contribution in [3.05, 3.63) is 17.9 Å². The third-order valence-corrected chi connectivity index (χ3v) is 5.68. The first kappa shape index (κ1) is 17.0. The zero-order chi connectivity index (χ0) is 16.3. The second kappa shape index (κ2) is 6.80. The van der Waals surface area contributed by atoms with Crippen LogP contribution in [-0.4, -0.2) is 53.6 Å². The first-order chi connectivity index (χ1) is 10.4. The summed E-state index contributed by atoms with van der Waals surface area (Å²) in [6.45, 7) is 1.51. The molecule has 22 heavy (non-hydrogen) atoms. The monoisotopic (exact) mass is 332 g/mol. The van der Waals surface area contributed by atoms with Crippen molar-refractivity contribution in [1.29, 1.82) is 0 Å². The van der Waals surface area contributed by atoms with Gasteiger partial charge in [-0.25, -0.2) is 12.8 Å². The van der Waals surface area contributed by atoms with Crippen LogP contribution in [0.15, 0.2) is 17.0 Å². The van der Waals surface area contributed by atoms with Crippen molar-refractivity contribution >= 4 is 10.0 Å². The van der Waals surface area contributed by atoms with Gasteiger partial charge in [0.05, 0.1) is 14.2 Å². The minimum atomic E-state index is -3.88. The highest BCUT2D eigenvalue weighted by Gasteiger charge is 2.34. The van der Waals surface area contributed by atoms with E-state index in [1.54, 1.807) is 0 Å². The first-order valence-corrected chi connectivity index (χ1v) is 8.44. The van der Waals surface area contributed by atoms with Gasteiger partial charge in [-0.1, -0.05) is 0 Å². The highest BCUT2D eigenvalue weighted by atomic mass is 32.2. The number of ether oxygens (including phenoxy) is 2. The maximum absolute atomic E-state index is 14.2. The molecule has 1 atom stereocenters. The molecule has 0 amide bonds. The molecule has 0 spiro atoms. The Labute approximate surface area is 130 Å². The first-order valence-electron chi connectivity index (χ1n) is 7.00. The standard InChI is InChI=1S/C14H21FN2O4S/c1-16-8-10-4-5-17(9-10)22(18,19)14-7-13(21-3)12(20-2)6-11(14)15/h6-7,10,16H,4-5,8-9H2,1-3H3. The minimum absolute atomic E-state index is 0.161. The summed E-state index contributed by atoms with van der Waals surface area (Å²) in [5, 5.41) is 3.03. The van der Waals surface area contributed by atoms with Gasteiger partial charge < -0.3 is 14.8 Å². The molecule has 0 saturated carbocycles. The second-order valence-electron chi connectivity index (χ2n) is 5.21. The molecule has 124 valence electrons. The molecule has 1 aromatic carbocycles. The summed E-state index contributed by atoms with van der Waals surface area (Å²) in [6.07, 6.45) is 0.759. The van der Waals surface area contributed by atoms with E-state index in [2.05, 4.69) is 5.32 Å². The fourth-order valence-electron chi connectivity index (χ4n) is 2.64. The van der Waals surface area contributed by atoms with Crippen LogP contribution in [0.4, 0.5) is 4.39 Å². The molecular weight excluding hydrogens is 311 g/mol. The lowest BCUT2D eigenvalue weighted by atomic mass is 10.1. The Hall–Kier alpha value is -1.38. The molecule has 0 radical (unpaired) electrons. The fraction of sp³-hybridized carbons (Fsp3) is 0.571. The normalized spacial score (nSPS) is 19.4. The van der Waals surface area contributed by atoms with Crippen LogP contribution in [0.3, 0.4) is 0 Å². The molecule has 0 aliphatic carbocycles. The van der Waals surface area contributed by atoms with Crippen LogP contribution < -0.4 is 14.8 Å². The predicted molar refractivity (Wildman–Crippen MR) is 80.3 cm³/mol. The quantitative estimate of drug-likeness (QED) is 0.844. The zero-order valence-electron chi connectivity index (χ0n) is 12.9. The SMILES string of the molecule is CNCC1CCN(S(=O)(=O)c2cc(OC)c(OC)cc2F)C1. The Morgan fingerprint density at radius 2 is 1.95 bits per heavy atom. The van der Waals surface area contributed by atoms with Crippen LogP contribution in [0.2, 0.25) is 0 Å². The molecule has 1 N–H and O–H groups in total. The molecule has 1 aliphatic heterocycles. The van der Waals surface area contributed by atoms with Gasteiger partial charge >= 0.3 is 0 Å². The van der Waals surface area contributed by atoms with Gasteiger partial charge in [0.2, 0.25) is 10.0 Å². The summed E-state index contributed by atoms with van der Waals surface area (Å²) in [5.74, 6) is -0.250. The summed E-state index contributed by atoms with van der Waals surface area (Å²) in [5.41, 5.74) is 0. The largest absolute Gasteiger partial charge is 0.493 e. The lowest BCUT2D eigenvalue weighted by molar-refractivity contribution is 0.349. The van der Waals surface area contributed by atoms with Crippen LogP contribution in [0.1, 0.15) is 6.42 Å². The van der Waals surface area contributed by atoms with E-state index < -0.39 is 15.8 Å². The number of nitrogens with zero attached hydrogens (tertiary/aromatic N) is 1. The number of benzene rings is 1. The van der Waals surface area contributed by atoms with Crippen molar-refractivity contribution in [2.45, 2.75) is 11.3 Å². The molecule has 6 nitrogen and oxygen atoms in total. The van der Waals surface area contributed by atoms with Gasteiger partial charge in [-0.3, -0.25) is 0 Å². The van der Waals surface area contributed by atoms with Crippen molar-refractivity contribution in [3.8, 4) is 11.5 Å². The number of methoxy groups -OCH3 is 2. The van der Waals surface area contributed by atoms with E-state index in [4.69, 9.17) is 9.47 Å². The molecule has 1 unspecified atom stereocenters. The average molecular weight is 332 g/mol. The molecule has 1 aromatic rings. The fourth-order valence-corrected chi connectivity index (χ4v) is 4.24. The van der Waals surface area contributed by atoms with Gasteiger partial charge in [0.1, 0.15) is 10.7 Å². The van der Waals surface area contributed by atoms with Crippen molar-refractivity contribution in [2.24, 2.45) is 5.92 Å². The van der Waals surface area contributed by atoms with Crippen molar-refractivity contribution in [3.63, 3.8) is 0 Å². The van der Waals surface area contributed by atoms with Crippen LogP contribution in [0.5, 0.6) is 11.5 Å². The van der Waals surface area contributed by atoms with E-state index in [-0.39, 0.29) is 22.3 Å². The lowest BCUT2D eigenvalue weighted by Crippen LogP contribution is -2.31. The molecule has 0 aromatic heterocycles. The number of rotatable bonds is 6. The van der Waals surface area contributed by atoms with Crippen LogP contribution in [0, 0.1) is 11.7 Å². The van der Waals surface area contributed by atoms with Crippen LogP contribution >= 0.6 is 0 Å². The Bertz CT molecular complexity index is 636. The Morgan fingerprint density at radius 3 is 2.55 bits per heavy atom. The lowest BCUT2D eigenvalue weighted by Gasteiger charge is -2.18. The minimum Gasteiger partial charge on any atom is -0.493 e. The highest BCUT2D eigenvalue weighted by molar-refractivity contribution is 7.89. The van der Waals surface area contributed by atoms with Gasteiger partial charge in [-0.05, 0) is 25.9 Å². The Morgan fingerprint density at radius 1 is 1.32 bits per heavy atom. The maximum atomic E-state index is 14.2. The van der Waals surface area contributed by atoms with E-state index in [0.29, 0.717) is 13.1 Å². The van der Waals surface area contributed by atoms with Crippen LogP contribution in [0.25, 0.3) is 0 Å². The smallest absolute Gasteiger partial charge is 0.246 e. The molecule has 1 aliphatic rings. The van der Waals surface area contributed by atoms with Gasteiger partial charge in [0.25, 0.3) is 0 Å². The molecule has 1 saturated heterocycles. The molecule has 1 heterocycles. The van der Waals surface area contributed by atoms with E-state index in [0.717, 1.165) is 19.0 Å². The molecule has 8 heteroatoms. The Balaban J connectivity index is 2.34. The third-order valence-electron chi connectivity index (χ3n) is 3.80. The highest BCUT2D eigenvalue weighted by Crippen LogP contribution is 2.34. The van der Waals surface area contributed by atoms with Gasteiger partial charge in [0.15, 0.2) is 11.5 Å². The zero-order valence-corrected chi connectivity index (χ0v) is 13.7. The van der Waals surface area contributed by atoms with E-state index in [1.165, 1.54) is 24.6 Å². The van der Waals surface area contributed by atoms with Crippen LogP contribution in [-0.2, 0) is 10.0 Å². The number of hydrogen-bond acceptors (Lipinski definition) is 5. The third kappa shape index (κ3) is 3.18. The van der Waals surface area contributed by atoms with Crippen molar-refractivity contribution in [2.75, 3.05) is 40.9 Å². The van der Waals surface area contributed by atoms with Crippen molar-refractivity contribution in [1.82, 2.24) is 9.62 Å². The number of sulfonamides is 1. The predicted octanol–water partition coefficient (Wildman–Crippen LogP) is 1.07. The number of halogens is 1. The number of hydrogen-bond donors (Lipinski definition) is 1. The maximum Gasteiger partial charge on any atom is 0.246 e. The number of nitrogens with one attached hydrogen (secondary N) is 1. The summed E-state index contributed by atoms with van der Waals surface area (Å²) in [7, 11) is 0.691. The second-order valence-corrected chi connectivity index (χ2v) is 7.12. The Kier molecular flexibility index (Phi) is 5.25. The van der Waals surface area contributed by atoms with E-state index in [9.17, 15) is 12.8 Å². The van der Waals surface area contributed by atoms with Gasteiger partial charge in [0, 0.05) is 25.2 Å². The molecule has 0 bridgehead atoms. The summed E-state index contributed by atoms with van der Waals surface area (Å²) >= 11 is 0. The summed E-state index contributed by atoms with van der Waals surface area (Å²) < 4.78 is 50.8. The van der Waals surface area contributed by atoms with Gasteiger partial charge in [-0.2, -0.15) is 4.31 Å². The molecule has 1 fully saturated rings. The summed E-state index contributed by atoms with van der Waals surface area (Å²) in [6, 6.07) is 2.21. The van der Waals surface area contributed by atoms with E-state index >= 15 is 0 Å². The van der Waals surface area contributed by atoms with Crippen molar-refractivity contribution < 1.29 is 22.3 Å². The topological polar surface area (TPSA) is 67.9 Å². The molecule has 2 rings (SSSR count). The van der Waals surface area contributed by atoms with Gasteiger partial charge in [-0.15, -0.1) is 0 Å².